The van der Waals surface area contributed by atoms with Gasteiger partial charge in [-0.25, -0.2) is 0 Å². The highest BCUT2D eigenvalue weighted by Gasteiger charge is 1.84. The SMILES string of the molecule is CC(C)=CCC(C)=CCCl. The Hall–Kier alpha value is -0.230. The molecule has 0 saturated carbocycles. The highest BCUT2D eigenvalue weighted by molar-refractivity contribution is 6.18. The number of rotatable bonds is 3. The number of hydrogen-bond acceptors (Lipinski definition) is 0. The Morgan fingerprint density at radius 2 is 1.80 bits per heavy atom. The van der Waals surface area contributed by atoms with Crippen LogP contribution in [0.25, 0.3) is 0 Å². The monoisotopic (exact) mass is 158 g/mol. The van der Waals surface area contributed by atoms with Crippen LogP contribution >= 0.6 is 11.6 Å². The smallest absolute Gasteiger partial charge is 0.0406 e. The van der Waals surface area contributed by atoms with Crippen LogP contribution in [0.15, 0.2) is 23.3 Å². The molecular weight excluding hydrogens is 144 g/mol. The summed E-state index contributed by atoms with van der Waals surface area (Å²) in [6.07, 6.45) is 5.29. The fraction of sp³-hybridized carbons (Fsp3) is 0.556. The molecule has 0 N–H and O–H groups in total. The Labute approximate surface area is 68.6 Å². The average molecular weight is 159 g/mol. The van der Waals surface area contributed by atoms with Crippen LogP contribution in [0.4, 0.5) is 0 Å². The zero-order valence-corrected chi connectivity index (χ0v) is 7.70. The second kappa shape index (κ2) is 5.55. The molecule has 0 aromatic carbocycles. The second-order valence-corrected chi connectivity index (χ2v) is 3.00. The van der Waals surface area contributed by atoms with Crippen LogP contribution in [0.2, 0.25) is 0 Å². The summed E-state index contributed by atoms with van der Waals surface area (Å²) in [7, 11) is 0. The van der Waals surface area contributed by atoms with Gasteiger partial charge in [0.2, 0.25) is 0 Å². The van der Waals surface area contributed by atoms with Crippen molar-refractivity contribution in [2.45, 2.75) is 27.2 Å². The lowest BCUT2D eigenvalue weighted by Gasteiger charge is -1.93. The maximum Gasteiger partial charge on any atom is 0.0406 e. The van der Waals surface area contributed by atoms with Crippen molar-refractivity contribution >= 4 is 11.6 Å². The van der Waals surface area contributed by atoms with E-state index in [0.29, 0.717) is 5.88 Å². The van der Waals surface area contributed by atoms with Crippen LogP contribution in [0, 0.1) is 0 Å². The first-order chi connectivity index (χ1) is 4.66. The molecular formula is C9H15Cl. The van der Waals surface area contributed by atoms with Crippen LogP contribution in [0.3, 0.4) is 0 Å². The summed E-state index contributed by atoms with van der Waals surface area (Å²) in [5.41, 5.74) is 2.71. The zero-order chi connectivity index (χ0) is 7.98. The van der Waals surface area contributed by atoms with E-state index in [0.717, 1.165) is 6.42 Å². The van der Waals surface area contributed by atoms with E-state index in [1.807, 2.05) is 6.08 Å². The normalized spacial score (nSPS) is 11.4. The molecule has 0 atom stereocenters. The summed E-state index contributed by atoms with van der Waals surface area (Å²) in [4.78, 5) is 0. The molecule has 58 valence electrons. The third-order valence-corrected chi connectivity index (χ3v) is 1.41. The van der Waals surface area contributed by atoms with Crippen LogP contribution in [-0.2, 0) is 0 Å². The molecule has 0 heterocycles. The Kier molecular flexibility index (Phi) is 5.42. The fourth-order valence-corrected chi connectivity index (χ4v) is 0.844. The number of allylic oxidation sites excluding steroid dienone is 4. The predicted molar refractivity (Wildman–Crippen MR) is 48.5 cm³/mol. The molecule has 1 heteroatoms. The quantitative estimate of drug-likeness (QED) is 0.436. The van der Waals surface area contributed by atoms with Gasteiger partial charge in [-0.1, -0.05) is 23.3 Å². The van der Waals surface area contributed by atoms with E-state index in [1.54, 1.807) is 0 Å². The number of hydrogen-bond donors (Lipinski definition) is 0. The van der Waals surface area contributed by atoms with Crippen LogP contribution < -0.4 is 0 Å². The van der Waals surface area contributed by atoms with E-state index in [9.17, 15) is 0 Å². The van der Waals surface area contributed by atoms with Gasteiger partial charge < -0.3 is 0 Å². The first kappa shape index (κ1) is 9.77. The maximum absolute atomic E-state index is 5.51. The van der Waals surface area contributed by atoms with E-state index in [-0.39, 0.29) is 0 Å². The van der Waals surface area contributed by atoms with Crippen molar-refractivity contribution in [2.75, 3.05) is 5.88 Å². The molecule has 0 nitrogen and oxygen atoms in total. The minimum absolute atomic E-state index is 0.627. The van der Waals surface area contributed by atoms with Gasteiger partial charge in [-0.2, -0.15) is 0 Å². The third-order valence-electron chi connectivity index (χ3n) is 1.26. The lowest BCUT2D eigenvalue weighted by atomic mass is 10.1. The minimum atomic E-state index is 0.627. The van der Waals surface area contributed by atoms with E-state index < -0.39 is 0 Å². The molecule has 0 spiro atoms. The highest BCUT2D eigenvalue weighted by atomic mass is 35.5. The van der Waals surface area contributed by atoms with Crippen molar-refractivity contribution in [1.82, 2.24) is 0 Å². The minimum Gasteiger partial charge on any atom is -0.122 e. The molecule has 0 unspecified atom stereocenters. The van der Waals surface area contributed by atoms with Gasteiger partial charge in [-0.15, -0.1) is 11.6 Å². The third kappa shape index (κ3) is 5.90. The van der Waals surface area contributed by atoms with Gasteiger partial charge in [0, 0.05) is 5.88 Å². The Morgan fingerprint density at radius 1 is 1.20 bits per heavy atom. The molecule has 0 aliphatic rings. The molecule has 0 aromatic rings. The summed E-state index contributed by atoms with van der Waals surface area (Å²) in [6, 6.07) is 0. The van der Waals surface area contributed by atoms with Gasteiger partial charge >= 0.3 is 0 Å². The summed E-state index contributed by atoms with van der Waals surface area (Å²) in [6.45, 7) is 6.31. The average Bonchev–Trinajstić information content (AvgIpc) is 1.85. The van der Waals surface area contributed by atoms with Crippen molar-refractivity contribution in [2.24, 2.45) is 0 Å². The van der Waals surface area contributed by atoms with Crippen molar-refractivity contribution in [3.8, 4) is 0 Å². The number of halogens is 1. The molecule has 0 saturated heterocycles. The molecule has 0 bridgehead atoms. The fourth-order valence-electron chi connectivity index (χ4n) is 0.580. The van der Waals surface area contributed by atoms with Crippen LogP contribution in [0.1, 0.15) is 27.2 Å². The van der Waals surface area contributed by atoms with Crippen molar-refractivity contribution in [3.63, 3.8) is 0 Å². The largest absolute Gasteiger partial charge is 0.122 e. The van der Waals surface area contributed by atoms with Gasteiger partial charge in [-0.3, -0.25) is 0 Å². The first-order valence-corrected chi connectivity index (χ1v) is 4.05. The summed E-state index contributed by atoms with van der Waals surface area (Å²) < 4.78 is 0. The van der Waals surface area contributed by atoms with Gasteiger partial charge in [0.1, 0.15) is 0 Å². The second-order valence-electron chi connectivity index (χ2n) is 2.69. The van der Waals surface area contributed by atoms with Crippen molar-refractivity contribution < 1.29 is 0 Å². The van der Waals surface area contributed by atoms with E-state index >= 15 is 0 Å². The van der Waals surface area contributed by atoms with E-state index in [2.05, 4.69) is 26.8 Å². The summed E-state index contributed by atoms with van der Waals surface area (Å²) >= 11 is 5.51. The topological polar surface area (TPSA) is 0 Å². The Morgan fingerprint density at radius 3 is 2.20 bits per heavy atom. The van der Waals surface area contributed by atoms with E-state index in [4.69, 9.17) is 11.6 Å². The zero-order valence-electron chi connectivity index (χ0n) is 6.95. The lowest BCUT2D eigenvalue weighted by molar-refractivity contribution is 1.16. The van der Waals surface area contributed by atoms with Crippen LogP contribution in [0.5, 0.6) is 0 Å². The lowest BCUT2D eigenvalue weighted by Crippen LogP contribution is -1.75. The molecule has 0 rings (SSSR count). The molecule has 10 heavy (non-hydrogen) atoms. The molecule has 0 aliphatic carbocycles. The Bertz CT molecular complexity index is 139. The molecule has 0 radical (unpaired) electrons. The maximum atomic E-state index is 5.51. The van der Waals surface area contributed by atoms with Gasteiger partial charge in [0.25, 0.3) is 0 Å². The van der Waals surface area contributed by atoms with Gasteiger partial charge in [-0.05, 0) is 27.2 Å². The molecule has 0 aromatic heterocycles. The Balaban J connectivity index is 3.69. The number of alkyl halides is 1. The van der Waals surface area contributed by atoms with Gasteiger partial charge in [0.15, 0.2) is 0 Å². The standard InChI is InChI=1S/C9H15Cl/c1-8(2)4-5-9(3)6-7-10/h4,6H,5,7H2,1-3H3. The molecule has 0 aliphatic heterocycles. The van der Waals surface area contributed by atoms with Crippen molar-refractivity contribution in [1.29, 1.82) is 0 Å². The summed E-state index contributed by atoms with van der Waals surface area (Å²) in [5.74, 6) is 0.627. The van der Waals surface area contributed by atoms with Gasteiger partial charge in [0.05, 0.1) is 0 Å². The highest BCUT2D eigenvalue weighted by Crippen LogP contribution is 2.03. The predicted octanol–water partition coefficient (Wildman–Crippen LogP) is 3.53. The van der Waals surface area contributed by atoms with E-state index in [1.165, 1.54) is 11.1 Å². The molecule has 0 amide bonds. The summed E-state index contributed by atoms with van der Waals surface area (Å²) in [5, 5.41) is 0. The molecule has 0 fully saturated rings. The van der Waals surface area contributed by atoms with Crippen molar-refractivity contribution in [3.05, 3.63) is 23.3 Å². The first-order valence-electron chi connectivity index (χ1n) is 3.51. The van der Waals surface area contributed by atoms with Crippen LogP contribution in [-0.4, -0.2) is 5.88 Å².